The predicted molar refractivity (Wildman–Crippen MR) is 94.1 cm³/mol. The number of rotatable bonds is 4. The lowest BCUT2D eigenvalue weighted by Gasteiger charge is -2.35. The van der Waals surface area contributed by atoms with Gasteiger partial charge in [0.05, 0.1) is 24.3 Å². The number of hydrogen-bond donors (Lipinski definition) is 1. The van der Waals surface area contributed by atoms with Crippen LogP contribution in [0.3, 0.4) is 0 Å². The summed E-state index contributed by atoms with van der Waals surface area (Å²) in [5.41, 5.74) is 2.28. The quantitative estimate of drug-likeness (QED) is 0.911. The zero-order valence-electron chi connectivity index (χ0n) is 13.8. The summed E-state index contributed by atoms with van der Waals surface area (Å²) in [4.78, 5) is 14.3. The minimum Gasteiger partial charge on any atom is -0.491 e. The highest BCUT2D eigenvalue weighted by Gasteiger charge is 2.31. The maximum Gasteiger partial charge on any atom is 0.257 e. The van der Waals surface area contributed by atoms with Gasteiger partial charge in [0.15, 0.2) is 11.5 Å². The molecular weight excluding hydrogens is 328 g/mol. The lowest BCUT2D eigenvalue weighted by Crippen LogP contribution is -2.40. The summed E-state index contributed by atoms with van der Waals surface area (Å²) in [7, 11) is 3.31. The Hall–Kier alpha value is -2.40. The summed E-state index contributed by atoms with van der Waals surface area (Å²) in [6, 6.07) is 11.1. The van der Waals surface area contributed by atoms with Gasteiger partial charge in [-0.05, 0) is 31.2 Å². The van der Waals surface area contributed by atoms with Gasteiger partial charge in [0.1, 0.15) is 6.17 Å². The average molecular weight is 347 g/mol. The number of benzene rings is 2. The van der Waals surface area contributed by atoms with E-state index < -0.39 is 0 Å². The first kappa shape index (κ1) is 16.5. The van der Waals surface area contributed by atoms with Gasteiger partial charge < -0.3 is 19.7 Å². The topological polar surface area (TPSA) is 50.8 Å². The van der Waals surface area contributed by atoms with E-state index in [1.54, 1.807) is 25.1 Å². The second-order valence-electron chi connectivity index (χ2n) is 5.48. The molecule has 0 bridgehead atoms. The van der Waals surface area contributed by atoms with E-state index in [9.17, 15) is 4.79 Å². The molecule has 0 unspecified atom stereocenters. The van der Waals surface area contributed by atoms with Crippen molar-refractivity contribution in [3.8, 4) is 11.5 Å². The van der Waals surface area contributed by atoms with Gasteiger partial charge in [0.2, 0.25) is 0 Å². The van der Waals surface area contributed by atoms with E-state index in [2.05, 4.69) is 5.32 Å². The molecule has 24 heavy (non-hydrogen) atoms. The minimum atomic E-state index is -0.338. The Kier molecular flexibility index (Phi) is 4.53. The van der Waals surface area contributed by atoms with Crippen molar-refractivity contribution in [2.45, 2.75) is 13.1 Å². The monoisotopic (exact) mass is 346 g/mol. The van der Waals surface area contributed by atoms with E-state index in [-0.39, 0.29) is 12.1 Å². The van der Waals surface area contributed by atoms with E-state index in [1.165, 1.54) is 0 Å². The second kappa shape index (κ2) is 6.61. The molecule has 0 spiro atoms. The number of fused-ring (bicyclic) bond motifs is 1. The smallest absolute Gasteiger partial charge is 0.257 e. The summed E-state index contributed by atoms with van der Waals surface area (Å²) in [5, 5.41) is 3.82. The highest BCUT2D eigenvalue weighted by atomic mass is 35.5. The van der Waals surface area contributed by atoms with Crippen LogP contribution in [0.4, 0.5) is 5.69 Å². The number of carbonyl (C=O) groups excluding carboxylic acids is 1. The molecule has 0 saturated carbocycles. The molecule has 1 N–H and O–H groups in total. The van der Waals surface area contributed by atoms with E-state index in [0.717, 1.165) is 11.3 Å². The Morgan fingerprint density at radius 3 is 2.75 bits per heavy atom. The molecule has 0 radical (unpaired) electrons. The molecule has 1 aliphatic heterocycles. The lowest BCUT2D eigenvalue weighted by atomic mass is 10.0. The summed E-state index contributed by atoms with van der Waals surface area (Å²) in [6.45, 7) is 2.39. The van der Waals surface area contributed by atoms with Crippen molar-refractivity contribution in [3.05, 3.63) is 52.5 Å². The number of nitrogens with one attached hydrogen (secondary N) is 1. The molecule has 0 aromatic heterocycles. The number of methoxy groups -OCH3 is 1. The molecule has 0 saturated heterocycles. The molecule has 1 heterocycles. The summed E-state index contributed by atoms with van der Waals surface area (Å²) in [5.74, 6) is 1.01. The first-order valence-electron chi connectivity index (χ1n) is 7.69. The number of para-hydroxylation sites is 1. The number of carbonyl (C=O) groups is 1. The Bertz CT molecular complexity index is 779. The Morgan fingerprint density at radius 1 is 1.29 bits per heavy atom. The fraction of sp³-hybridized carbons (Fsp3) is 0.278. The molecule has 0 aliphatic carbocycles. The van der Waals surface area contributed by atoms with Gasteiger partial charge in [0, 0.05) is 18.3 Å². The van der Waals surface area contributed by atoms with Crippen molar-refractivity contribution in [1.82, 2.24) is 4.90 Å². The number of halogens is 1. The van der Waals surface area contributed by atoms with Crippen LogP contribution in [0.15, 0.2) is 36.4 Å². The van der Waals surface area contributed by atoms with Crippen molar-refractivity contribution in [2.75, 3.05) is 26.1 Å². The number of amides is 1. The standard InChI is InChI=1S/C18H19ClN2O3/c1-4-24-15-10-11(9-13(19)16(15)23-3)17-20-14-8-6-5-7-12(14)18(22)21(17)2/h5-10,17,20H,4H2,1-3H3/t17-/m0/s1. The van der Waals surface area contributed by atoms with Crippen molar-refractivity contribution in [1.29, 1.82) is 0 Å². The van der Waals surface area contributed by atoms with Gasteiger partial charge in [-0.15, -0.1) is 0 Å². The van der Waals surface area contributed by atoms with Gasteiger partial charge in [-0.1, -0.05) is 23.7 Å². The van der Waals surface area contributed by atoms with Crippen LogP contribution in [0.1, 0.15) is 29.0 Å². The SMILES string of the molecule is CCOc1cc([C@H]2Nc3ccccc3C(=O)N2C)cc(Cl)c1OC. The van der Waals surface area contributed by atoms with Gasteiger partial charge in [0.25, 0.3) is 5.91 Å². The number of nitrogens with zero attached hydrogens (tertiary/aromatic N) is 1. The van der Waals surface area contributed by atoms with Crippen LogP contribution in [-0.4, -0.2) is 31.6 Å². The van der Waals surface area contributed by atoms with Crippen LogP contribution in [0.5, 0.6) is 11.5 Å². The molecule has 126 valence electrons. The zero-order valence-corrected chi connectivity index (χ0v) is 14.6. The molecule has 6 heteroatoms. The summed E-state index contributed by atoms with van der Waals surface area (Å²) < 4.78 is 10.9. The van der Waals surface area contributed by atoms with Crippen molar-refractivity contribution < 1.29 is 14.3 Å². The molecule has 1 amide bonds. The van der Waals surface area contributed by atoms with E-state index in [4.69, 9.17) is 21.1 Å². The van der Waals surface area contributed by atoms with Crippen molar-refractivity contribution in [3.63, 3.8) is 0 Å². The molecule has 1 aliphatic rings. The molecular formula is C18H19ClN2O3. The van der Waals surface area contributed by atoms with Gasteiger partial charge in [-0.2, -0.15) is 0 Å². The van der Waals surface area contributed by atoms with Crippen LogP contribution < -0.4 is 14.8 Å². The van der Waals surface area contributed by atoms with E-state index in [1.807, 2.05) is 37.3 Å². The normalized spacial score (nSPS) is 16.4. The van der Waals surface area contributed by atoms with E-state index in [0.29, 0.717) is 28.7 Å². The minimum absolute atomic E-state index is 0.0424. The summed E-state index contributed by atoms with van der Waals surface area (Å²) >= 11 is 6.34. The van der Waals surface area contributed by atoms with Crippen molar-refractivity contribution in [2.24, 2.45) is 0 Å². The third-order valence-corrected chi connectivity index (χ3v) is 4.29. The Morgan fingerprint density at radius 2 is 2.04 bits per heavy atom. The maximum absolute atomic E-state index is 12.6. The van der Waals surface area contributed by atoms with Crippen LogP contribution in [0, 0.1) is 0 Å². The Labute approximate surface area is 146 Å². The maximum atomic E-state index is 12.6. The first-order valence-corrected chi connectivity index (χ1v) is 8.07. The third kappa shape index (κ3) is 2.76. The number of anilines is 1. The molecule has 0 fully saturated rings. The predicted octanol–water partition coefficient (Wildman–Crippen LogP) is 3.94. The first-order chi connectivity index (χ1) is 11.6. The van der Waals surface area contributed by atoms with Crippen molar-refractivity contribution >= 4 is 23.2 Å². The highest BCUT2D eigenvalue weighted by molar-refractivity contribution is 6.32. The second-order valence-corrected chi connectivity index (χ2v) is 5.88. The molecule has 5 nitrogen and oxygen atoms in total. The van der Waals surface area contributed by atoms with Gasteiger partial charge in [-0.25, -0.2) is 0 Å². The van der Waals surface area contributed by atoms with Gasteiger partial charge >= 0.3 is 0 Å². The third-order valence-electron chi connectivity index (χ3n) is 4.01. The van der Waals surface area contributed by atoms with Crippen LogP contribution in [0.25, 0.3) is 0 Å². The number of hydrogen-bond acceptors (Lipinski definition) is 4. The zero-order chi connectivity index (χ0) is 17.3. The van der Waals surface area contributed by atoms with Crippen LogP contribution in [-0.2, 0) is 0 Å². The molecule has 3 rings (SSSR count). The van der Waals surface area contributed by atoms with E-state index >= 15 is 0 Å². The molecule has 1 atom stereocenters. The van der Waals surface area contributed by atoms with Gasteiger partial charge in [-0.3, -0.25) is 4.79 Å². The van der Waals surface area contributed by atoms with Crippen LogP contribution in [0.2, 0.25) is 5.02 Å². The fourth-order valence-corrected chi connectivity index (χ4v) is 3.16. The highest BCUT2D eigenvalue weighted by Crippen LogP contribution is 2.40. The molecule has 2 aromatic carbocycles. The fourth-order valence-electron chi connectivity index (χ4n) is 2.86. The summed E-state index contributed by atoms with van der Waals surface area (Å²) in [6.07, 6.45) is -0.338. The number of ether oxygens (including phenoxy) is 2. The largest absolute Gasteiger partial charge is 0.491 e. The Balaban J connectivity index is 2.04. The lowest BCUT2D eigenvalue weighted by molar-refractivity contribution is 0.0735. The average Bonchev–Trinajstić information content (AvgIpc) is 2.58. The molecule has 2 aromatic rings. The van der Waals surface area contributed by atoms with Crippen LogP contribution >= 0.6 is 11.6 Å².